The third-order valence-corrected chi connectivity index (χ3v) is 4.66. The van der Waals surface area contributed by atoms with E-state index in [2.05, 4.69) is 5.10 Å². The van der Waals surface area contributed by atoms with Crippen molar-refractivity contribution in [3.63, 3.8) is 0 Å². The molecule has 3 heterocycles. The fraction of sp³-hybridized carbons (Fsp3) is 0.765. The average Bonchev–Trinajstić information content (AvgIpc) is 2.81. The van der Waals surface area contributed by atoms with Gasteiger partial charge in [0.15, 0.2) is 0 Å². The number of aromatic nitrogens is 2. The molecule has 2 aliphatic heterocycles. The van der Waals surface area contributed by atoms with Crippen LogP contribution in [-0.4, -0.2) is 44.6 Å². The number of nitrogens with zero attached hydrogens (tertiary/aromatic N) is 3. The van der Waals surface area contributed by atoms with Gasteiger partial charge in [-0.25, -0.2) is 4.79 Å². The lowest BCUT2D eigenvalue weighted by atomic mass is 9.98. The van der Waals surface area contributed by atoms with Gasteiger partial charge in [-0.3, -0.25) is 4.68 Å². The van der Waals surface area contributed by atoms with Crippen LogP contribution in [0.4, 0.5) is 13.6 Å². The minimum atomic E-state index is -3.01. The molecular formula is C17H25F2N3O3. The van der Waals surface area contributed by atoms with Gasteiger partial charge in [-0.1, -0.05) is 0 Å². The van der Waals surface area contributed by atoms with Crippen LogP contribution in [0.15, 0.2) is 0 Å². The first kappa shape index (κ1) is 18.1. The Bertz CT molecular complexity index is 667. The molecule has 1 atom stereocenters. The SMILES string of the molecule is CC(C)(C)OC(=O)N1CCc2nn3c(c2C1)C(F)(F)CC[C@@H](CO)C3. The van der Waals surface area contributed by atoms with Crippen LogP contribution in [0, 0.1) is 5.92 Å². The van der Waals surface area contributed by atoms with Gasteiger partial charge in [-0.2, -0.15) is 13.9 Å². The number of amides is 1. The zero-order chi connectivity index (χ0) is 18.4. The van der Waals surface area contributed by atoms with Crippen LogP contribution >= 0.6 is 0 Å². The summed E-state index contributed by atoms with van der Waals surface area (Å²) in [4.78, 5) is 13.8. The number of hydrogen-bond acceptors (Lipinski definition) is 4. The van der Waals surface area contributed by atoms with Crippen LogP contribution in [0.25, 0.3) is 0 Å². The van der Waals surface area contributed by atoms with E-state index < -0.39 is 17.6 Å². The predicted octanol–water partition coefficient (Wildman–Crippen LogP) is 2.67. The molecule has 0 bridgehead atoms. The molecule has 1 N–H and O–H groups in total. The zero-order valence-corrected chi connectivity index (χ0v) is 14.9. The molecule has 0 saturated carbocycles. The van der Waals surface area contributed by atoms with Gasteiger partial charge in [0.2, 0.25) is 0 Å². The number of fused-ring (bicyclic) bond motifs is 3. The fourth-order valence-electron chi connectivity index (χ4n) is 3.44. The molecule has 0 fully saturated rings. The number of alkyl halides is 2. The van der Waals surface area contributed by atoms with Crippen LogP contribution in [-0.2, 0) is 30.2 Å². The van der Waals surface area contributed by atoms with Crippen LogP contribution in [0.2, 0.25) is 0 Å². The Morgan fingerprint density at radius 1 is 1.44 bits per heavy atom. The summed E-state index contributed by atoms with van der Waals surface area (Å²) in [7, 11) is 0. The second-order valence-corrected chi connectivity index (χ2v) is 7.90. The first-order valence-electron chi connectivity index (χ1n) is 8.66. The Hall–Kier alpha value is -1.70. The van der Waals surface area contributed by atoms with Crippen LogP contribution in [0.1, 0.15) is 50.6 Å². The number of aliphatic hydroxyl groups excluding tert-OH is 1. The van der Waals surface area contributed by atoms with Crippen molar-refractivity contribution in [2.75, 3.05) is 13.2 Å². The molecule has 1 aromatic rings. The van der Waals surface area contributed by atoms with E-state index >= 15 is 0 Å². The van der Waals surface area contributed by atoms with Crippen molar-refractivity contribution in [2.24, 2.45) is 5.92 Å². The molecule has 0 aromatic carbocycles. The normalized spacial score (nSPS) is 22.8. The van der Waals surface area contributed by atoms with E-state index in [4.69, 9.17) is 4.74 Å². The van der Waals surface area contributed by atoms with E-state index in [0.717, 1.165) is 0 Å². The molecular weight excluding hydrogens is 332 g/mol. The summed E-state index contributed by atoms with van der Waals surface area (Å²) in [6.07, 6.45) is -0.141. The summed E-state index contributed by atoms with van der Waals surface area (Å²) in [6.45, 7) is 5.94. The Labute approximate surface area is 145 Å². The van der Waals surface area contributed by atoms with Gasteiger partial charge in [0.25, 0.3) is 5.92 Å². The zero-order valence-electron chi connectivity index (χ0n) is 14.9. The molecule has 2 aliphatic rings. The van der Waals surface area contributed by atoms with Crippen molar-refractivity contribution in [3.8, 4) is 0 Å². The molecule has 0 radical (unpaired) electrons. The predicted molar refractivity (Wildman–Crippen MR) is 86.3 cm³/mol. The first-order chi connectivity index (χ1) is 11.6. The van der Waals surface area contributed by atoms with Gasteiger partial charge in [0, 0.05) is 44.0 Å². The van der Waals surface area contributed by atoms with Gasteiger partial charge in [0.1, 0.15) is 11.3 Å². The summed E-state index contributed by atoms with van der Waals surface area (Å²) >= 11 is 0. The molecule has 140 valence electrons. The molecule has 25 heavy (non-hydrogen) atoms. The highest BCUT2D eigenvalue weighted by molar-refractivity contribution is 5.68. The van der Waals surface area contributed by atoms with E-state index in [9.17, 15) is 18.7 Å². The lowest BCUT2D eigenvalue weighted by molar-refractivity contribution is -0.0233. The summed E-state index contributed by atoms with van der Waals surface area (Å²) in [5.41, 5.74) is 0.312. The molecule has 0 saturated heterocycles. The highest BCUT2D eigenvalue weighted by Gasteiger charge is 2.44. The van der Waals surface area contributed by atoms with Crippen molar-refractivity contribution < 1.29 is 23.4 Å². The van der Waals surface area contributed by atoms with Crippen molar-refractivity contribution >= 4 is 6.09 Å². The number of aliphatic hydroxyl groups is 1. The van der Waals surface area contributed by atoms with Gasteiger partial charge >= 0.3 is 6.09 Å². The molecule has 3 rings (SSSR count). The van der Waals surface area contributed by atoms with E-state index in [1.165, 1.54) is 9.58 Å². The van der Waals surface area contributed by atoms with Gasteiger partial charge < -0.3 is 14.7 Å². The van der Waals surface area contributed by atoms with E-state index in [0.29, 0.717) is 24.2 Å². The third-order valence-electron chi connectivity index (χ3n) is 4.66. The Balaban J connectivity index is 1.90. The van der Waals surface area contributed by atoms with Crippen LogP contribution in [0.3, 0.4) is 0 Å². The van der Waals surface area contributed by atoms with Gasteiger partial charge in [0.05, 0.1) is 12.2 Å². The van der Waals surface area contributed by atoms with E-state index in [-0.39, 0.29) is 44.1 Å². The lowest BCUT2D eigenvalue weighted by Crippen LogP contribution is -2.40. The first-order valence-corrected chi connectivity index (χ1v) is 8.66. The summed E-state index contributed by atoms with van der Waals surface area (Å²) in [6, 6.07) is 0. The Morgan fingerprint density at radius 2 is 2.16 bits per heavy atom. The number of ether oxygens (including phenoxy) is 1. The van der Waals surface area contributed by atoms with E-state index in [1.54, 1.807) is 20.8 Å². The van der Waals surface area contributed by atoms with Crippen molar-refractivity contribution in [1.29, 1.82) is 0 Å². The number of halogens is 2. The summed E-state index contributed by atoms with van der Waals surface area (Å²) in [5, 5.41) is 13.7. The maximum Gasteiger partial charge on any atom is 0.410 e. The number of rotatable bonds is 1. The number of carbonyl (C=O) groups excluding carboxylic acids is 1. The molecule has 0 aliphatic carbocycles. The minimum absolute atomic E-state index is 0.0823. The molecule has 8 heteroatoms. The Kier molecular flexibility index (Phi) is 4.51. The molecule has 1 aromatic heterocycles. The van der Waals surface area contributed by atoms with Crippen molar-refractivity contribution in [2.45, 2.75) is 64.6 Å². The monoisotopic (exact) mass is 357 g/mol. The smallest absolute Gasteiger partial charge is 0.410 e. The second-order valence-electron chi connectivity index (χ2n) is 7.90. The summed E-state index contributed by atoms with van der Waals surface area (Å²) < 4.78 is 36.1. The molecule has 0 spiro atoms. The number of carbonyl (C=O) groups is 1. The highest BCUT2D eigenvalue weighted by Crippen LogP contribution is 2.41. The third kappa shape index (κ3) is 3.63. The van der Waals surface area contributed by atoms with Crippen molar-refractivity contribution in [1.82, 2.24) is 14.7 Å². The fourth-order valence-corrected chi connectivity index (χ4v) is 3.44. The highest BCUT2D eigenvalue weighted by atomic mass is 19.3. The molecule has 1 amide bonds. The second kappa shape index (κ2) is 6.23. The van der Waals surface area contributed by atoms with Crippen molar-refractivity contribution in [3.05, 3.63) is 17.0 Å². The molecule has 6 nitrogen and oxygen atoms in total. The average molecular weight is 357 g/mol. The molecule has 0 unspecified atom stereocenters. The van der Waals surface area contributed by atoms with Gasteiger partial charge in [-0.05, 0) is 27.2 Å². The maximum atomic E-state index is 14.7. The topological polar surface area (TPSA) is 67.6 Å². The van der Waals surface area contributed by atoms with Gasteiger partial charge in [-0.15, -0.1) is 0 Å². The minimum Gasteiger partial charge on any atom is -0.444 e. The maximum absolute atomic E-state index is 14.7. The summed E-state index contributed by atoms with van der Waals surface area (Å²) in [5.74, 6) is -3.24. The lowest BCUT2D eigenvalue weighted by Gasteiger charge is -2.30. The van der Waals surface area contributed by atoms with Crippen LogP contribution < -0.4 is 0 Å². The Morgan fingerprint density at radius 3 is 2.80 bits per heavy atom. The quantitative estimate of drug-likeness (QED) is 0.839. The van der Waals surface area contributed by atoms with E-state index in [1.807, 2.05) is 0 Å². The number of hydrogen-bond donors (Lipinski definition) is 1. The standard InChI is InChI=1S/C17H25F2N3O3/c1-16(2,3)25-15(24)21-7-5-13-12(9-21)14-17(18,19)6-4-11(10-23)8-22(14)20-13/h11,23H,4-10H2,1-3H3/t11-/m1/s1. The van der Waals surface area contributed by atoms with Crippen LogP contribution in [0.5, 0.6) is 0 Å². The largest absolute Gasteiger partial charge is 0.444 e.